The van der Waals surface area contributed by atoms with Crippen LogP contribution in [0.3, 0.4) is 0 Å². The van der Waals surface area contributed by atoms with E-state index in [-0.39, 0.29) is 36.6 Å². The minimum Gasteiger partial charge on any atom is -0.348 e. The molecule has 1 fully saturated rings. The standard InChI is InChI=1S/C27H24FN3O3/c28-21-9-4-6-18(15-21)16-29-25(32)20-8-3-7-19(14-20)17-31-23-11-2-1-10-22(23)26(33)30-13-5-12-24(30)27(31)34/h1-4,6-11,14-15,24H,5,12-13,16-17H2,(H,29,32)/t24-/m0/s1. The molecule has 172 valence electrons. The number of rotatable bonds is 5. The van der Waals surface area contributed by atoms with Crippen molar-refractivity contribution in [3.8, 4) is 0 Å². The zero-order valence-electron chi connectivity index (χ0n) is 18.5. The number of anilines is 1. The number of benzene rings is 3. The average molecular weight is 458 g/mol. The van der Waals surface area contributed by atoms with E-state index in [0.717, 1.165) is 12.0 Å². The number of carbonyl (C=O) groups is 3. The monoisotopic (exact) mass is 457 g/mol. The molecule has 0 aromatic heterocycles. The van der Waals surface area contributed by atoms with Gasteiger partial charge in [-0.25, -0.2) is 4.39 Å². The Balaban J connectivity index is 1.38. The van der Waals surface area contributed by atoms with Crippen LogP contribution in [0.25, 0.3) is 0 Å². The summed E-state index contributed by atoms with van der Waals surface area (Å²) < 4.78 is 13.4. The number of hydrogen-bond acceptors (Lipinski definition) is 3. The number of halogens is 1. The Labute approximate surface area is 197 Å². The lowest BCUT2D eigenvalue weighted by molar-refractivity contribution is -0.122. The molecule has 5 rings (SSSR count). The molecule has 2 aliphatic rings. The maximum absolute atomic E-state index is 13.5. The maximum atomic E-state index is 13.5. The highest BCUT2D eigenvalue weighted by Crippen LogP contribution is 2.33. The molecule has 0 bridgehead atoms. The summed E-state index contributed by atoms with van der Waals surface area (Å²) in [6.45, 7) is 1.04. The Morgan fingerprint density at radius 3 is 2.62 bits per heavy atom. The number of para-hydroxylation sites is 1. The minimum atomic E-state index is -0.461. The van der Waals surface area contributed by atoms with Crippen molar-refractivity contribution in [2.45, 2.75) is 32.0 Å². The maximum Gasteiger partial charge on any atom is 0.256 e. The van der Waals surface area contributed by atoms with Gasteiger partial charge in [0, 0.05) is 18.7 Å². The molecule has 3 aromatic rings. The molecule has 34 heavy (non-hydrogen) atoms. The van der Waals surface area contributed by atoms with Crippen molar-refractivity contribution >= 4 is 23.4 Å². The van der Waals surface area contributed by atoms with E-state index in [0.29, 0.717) is 35.3 Å². The van der Waals surface area contributed by atoms with Crippen molar-refractivity contribution < 1.29 is 18.8 Å². The smallest absolute Gasteiger partial charge is 0.256 e. The van der Waals surface area contributed by atoms with Gasteiger partial charge in [0.05, 0.1) is 17.8 Å². The van der Waals surface area contributed by atoms with Crippen LogP contribution in [0, 0.1) is 5.82 Å². The largest absolute Gasteiger partial charge is 0.348 e. The molecule has 6 nitrogen and oxygen atoms in total. The topological polar surface area (TPSA) is 69.7 Å². The Bertz CT molecular complexity index is 1280. The summed E-state index contributed by atoms with van der Waals surface area (Å²) in [5.74, 6) is -0.850. The molecule has 1 N–H and O–H groups in total. The number of amides is 3. The molecule has 0 unspecified atom stereocenters. The second-order valence-corrected chi connectivity index (χ2v) is 8.61. The molecule has 3 aromatic carbocycles. The normalized spacial score (nSPS) is 17.3. The van der Waals surface area contributed by atoms with Gasteiger partial charge in [-0.2, -0.15) is 0 Å². The van der Waals surface area contributed by atoms with Crippen LogP contribution >= 0.6 is 0 Å². The summed E-state index contributed by atoms with van der Waals surface area (Å²) in [7, 11) is 0. The Hall–Kier alpha value is -4.00. The van der Waals surface area contributed by atoms with Gasteiger partial charge in [-0.1, -0.05) is 36.4 Å². The SMILES string of the molecule is O=C(NCc1cccc(F)c1)c1cccc(CN2C(=O)[C@@H]3CCCN3C(=O)c3ccccc32)c1. The van der Waals surface area contributed by atoms with Gasteiger partial charge in [-0.15, -0.1) is 0 Å². The summed E-state index contributed by atoms with van der Waals surface area (Å²) in [5, 5.41) is 2.81. The van der Waals surface area contributed by atoms with Gasteiger partial charge < -0.3 is 15.1 Å². The number of nitrogens with one attached hydrogen (secondary N) is 1. The molecule has 1 atom stereocenters. The molecule has 3 amide bonds. The van der Waals surface area contributed by atoms with Crippen LogP contribution in [0.2, 0.25) is 0 Å². The molecule has 0 radical (unpaired) electrons. The van der Waals surface area contributed by atoms with Crippen molar-refractivity contribution in [3.63, 3.8) is 0 Å². The number of carbonyl (C=O) groups excluding carboxylic acids is 3. The molecule has 2 heterocycles. The zero-order valence-corrected chi connectivity index (χ0v) is 18.5. The van der Waals surface area contributed by atoms with E-state index in [9.17, 15) is 18.8 Å². The van der Waals surface area contributed by atoms with Crippen LogP contribution in [-0.4, -0.2) is 35.2 Å². The van der Waals surface area contributed by atoms with Crippen LogP contribution in [0.5, 0.6) is 0 Å². The predicted octanol–water partition coefficient (Wildman–Crippen LogP) is 3.91. The Morgan fingerprint density at radius 2 is 1.76 bits per heavy atom. The zero-order chi connectivity index (χ0) is 23.7. The minimum absolute atomic E-state index is 0.100. The predicted molar refractivity (Wildman–Crippen MR) is 126 cm³/mol. The second-order valence-electron chi connectivity index (χ2n) is 8.61. The molecule has 2 aliphatic heterocycles. The summed E-state index contributed by atoms with van der Waals surface area (Å²) >= 11 is 0. The molecular formula is C27H24FN3O3. The number of nitrogens with zero attached hydrogens (tertiary/aromatic N) is 2. The fourth-order valence-corrected chi connectivity index (χ4v) is 4.70. The lowest BCUT2D eigenvalue weighted by Gasteiger charge is -2.26. The summed E-state index contributed by atoms with van der Waals surface area (Å²) in [5.41, 5.74) is 3.00. The van der Waals surface area contributed by atoms with Gasteiger partial charge in [0.1, 0.15) is 11.9 Å². The van der Waals surface area contributed by atoms with Crippen LogP contribution in [0.4, 0.5) is 10.1 Å². The summed E-state index contributed by atoms with van der Waals surface area (Å²) in [6.07, 6.45) is 1.46. The van der Waals surface area contributed by atoms with E-state index in [1.54, 1.807) is 58.3 Å². The van der Waals surface area contributed by atoms with Crippen LogP contribution in [0.1, 0.15) is 44.7 Å². The third-order valence-electron chi connectivity index (χ3n) is 6.36. The van der Waals surface area contributed by atoms with Crippen LogP contribution in [0.15, 0.2) is 72.8 Å². The highest BCUT2D eigenvalue weighted by atomic mass is 19.1. The van der Waals surface area contributed by atoms with Crippen molar-refractivity contribution in [3.05, 3.63) is 101 Å². The van der Waals surface area contributed by atoms with Crippen molar-refractivity contribution in [2.75, 3.05) is 11.4 Å². The van der Waals surface area contributed by atoms with Crippen LogP contribution < -0.4 is 10.2 Å². The van der Waals surface area contributed by atoms with Gasteiger partial charge in [0.2, 0.25) is 5.91 Å². The number of hydrogen-bond donors (Lipinski definition) is 1. The van der Waals surface area contributed by atoms with Gasteiger partial charge >= 0.3 is 0 Å². The first-order valence-corrected chi connectivity index (χ1v) is 11.3. The Morgan fingerprint density at radius 1 is 0.971 bits per heavy atom. The van der Waals surface area contributed by atoms with Gasteiger partial charge in [-0.3, -0.25) is 14.4 Å². The summed E-state index contributed by atoms with van der Waals surface area (Å²) in [4.78, 5) is 42.6. The van der Waals surface area contributed by atoms with Gasteiger partial charge in [0.15, 0.2) is 0 Å². The fourth-order valence-electron chi connectivity index (χ4n) is 4.70. The molecule has 1 saturated heterocycles. The highest BCUT2D eigenvalue weighted by Gasteiger charge is 2.41. The highest BCUT2D eigenvalue weighted by molar-refractivity contribution is 6.11. The Kier molecular flexibility index (Phi) is 5.84. The first kappa shape index (κ1) is 21.8. The van der Waals surface area contributed by atoms with Crippen molar-refractivity contribution in [2.24, 2.45) is 0 Å². The van der Waals surface area contributed by atoms with E-state index < -0.39 is 6.04 Å². The average Bonchev–Trinajstić information content (AvgIpc) is 3.33. The third kappa shape index (κ3) is 4.17. The summed E-state index contributed by atoms with van der Waals surface area (Å²) in [6, 6.07) is 19.9. The quantitative estimate of drug-likeness (QED) is 0.632. The molecule has 0 saturated carbocycles. The second kappa shape index (κ2) is 9.09. The van der Waals surface area contributed by atoms with Gasteiger partial charge in [0.25, 0.3) is 11.8 Å². The fraction of sp³-hybridized carbons (Fsp3) is 0.222. The van der Waals surface area contributed by atoms with E-state index >= 15 is 0 Å². The van der Waals surface area contributed by atoms with E-state index in [1.807, 2.05) is 12.1 Å². The molecule has 7 heteroatoms. The van der Waals surface area contributed by atoms with Gasteiger partial charge in [-0.05, 0) is 60.4 Å². The van der Waals surface area contributed by atoms with Crippen molar-refractivity contribution in [1.82, 2.24) is 10.2 Å². The van der Waals surface area contributed by atoms with E-state index in [1.165, 1.54) is 12.1 Å². The molecular weight excluding hydrogens is 433 g/mol. The first-order valence-electron chi connectivity index (χ1n) is 11.3. The van der Waals surface area contributed by atoms with E-state index in [2.05, 4.69) is 5.32 Å². The third-order valence-corrected chi connectivity index (χ3v) is 6.36. The van der Waals surface area contributed by atoms with Crippen molar-refractivity contribution in [1.29, 1.82) is 0 Å². The first-order chi connectivity index (χ1) is 16.5. The van der Waals surface area contributed by atoms with Crippen LogP contribution in [-0.2, 0) is 17.9 Å². The molecule has 0 aliphatic carbocycles. The lowest BCUT2D eigenvalue weighted by atomic mass is 10.1. The number of fused-ring (bicyclic) bond motifs is 2. The van der Waals surface area contributed by atoms with E-state index in [4.69, 9.17) is 0 Å². The lowest BCUT2D eigenvalue weighted by Crippen LogP contribution is -2.44. The molecule has 0 spiro atoms.